The fourth-order valence-corrected chi connectivity index (χ4v) is 4.46. The van der Waals surface area contributed by atoms with Gasteiger partial charge in [0.1, 0.15) is 0 Å². The van der Waals surface area contributed by atoms with Gasteiger partial charge in [-0.25, -0.2) is 13.4 Å². The van der Waals surface area contributed by atoms with Gasteiger partial charge in [0.05, 0.1) is 16.0 Å². The van der Waals surface area contributed by atoms with Crippen molar-refractivity contribution in [1.29, 1.82) is 0 Å². The number of aromatic nitrogens is 1. The molecule has 21 heavy (non-hydrogen) atoms. The number of piperazine rings is 1. The number of rotatable bonds is 5. The molecule has 1 aliphatic rings. The van der Waals surface area contributed by atoms with Crippen molar-refractivity contribution < 1.29 is 8.42 Å². The molecule has 0 aliphatic carbocycles. The van der Waals surface area contributed by atoms with Gasteiger partial charge in [-0.05, 0) is 12.1 Å². The Morgan fingerprint density at radius 3 is 2.81 bits per heavy atom. The first kappa shape index (κ1) is 14.7. The number of thiazole rings is 1. The Morgan fingerprint density at radius 1 is 1.29 bits per heavy atom. The van der Waals surface area contributed by atoms with Crippen molar-refractivity contribution in [3.05, 3.63) is 24.3 Å². The van der Waals surface area contributed by atoms with Gasteiger partial charge < -0.3 is 5.32 Å². The van der Waals surface area contributed by atoms with Gasteiger partial charge in [-0.15, -0.1) is 0 Å². The molecule has 0 bridgehead atoms. The molecule has 114 valence electrons. The summed E-state index contributed by atoms with van der Waals surface area (Å²) < 4.78 is 27.8. The van der Waals surface area contributed by atoms with E-state index in [9.17, 15) is 8.42 Å². The molecule has 0 spiro atoms. The van der Waals surface area contributed by atoms with E-state index >= 15 is 0 Å². The number of para-hydroxylation sites is 1. The Balaban J connectivity index is 1.62. The second kappa shape index (κ2) is 6.27. The van der Waals surface area contributed by atoms with Crippen molar-refractivity contribution in [1.82, 2.24) is 15.2 Å². The number of nitrogens with zero attached hydrogens (tertiary/aromatic N) is 2. The van der Waals surface area contributed by atoms with Crippen LogP contribution in [0, 0.1) is 0 Å². The lowest BCUT2D eigenvalue weighted by atomic mass is 10.3. The maximum Gasteiger partial charge on any atom is 0.235 e. The second-order valence-electron chi connectivity index (χ2n) is 5.00. The molecule has 6 nitrogen and oxygen atoms in total. The molecule has 0 radical (unpaired) electrons. The van der Waals surface area contributed by atoms with Crippen LogP contribution >= 0.6 is 11.3 Å². The molecule has 0 amide bonds. The summed E-state index contributed by atoms with van der Waals surface area (Å²) in [6.45, 7) is 4.20. The summed E-state index contributed by atoms with van der Waals surface area (Å²) in [5, 5.41) is 3.69. The first-order valence-corrected chi connectivity index (χ1v) is 9.38. The molecule has 0 atom stereocenters. The van der Waals surface area contributed by atoms with Crippen LogP contribution in [-0.4, -0.2) is 56.8 Å². The summed E-state index contributed by atoms with van der Waals surface area (Å²) in [5.41, 5.74) is 0.822. The van der Waals surface area contributed by atoms with Crippen molar-refractivity contribution in [2.75, 3.05) is 43.2 Å². The van der Waals surface area contributed by atoms with Gasteiger partial charge in [0.2, 0.25) is 10.0 Å². The lowest BCUT2D eigenvalue weighted by Gasteiger charge is -2.26. The SMILES string of the molecule is O=S(=O)(CCN1CCNCC1)Nc1nc2ccccc2s1. The zero-order chi connectivity index (χ0) is 14.7. The fourth-order valence-electron chi connectivity index (χ4n) is 2.28. The second-order valence-corrected chi connectivity index (χ2v) is 7.87. The van der Waals surface area contributed by atoms with E-state index < -0.39 is 10.0 Å². The van der Waals surface area contributed by atoms with Gasteiger partial charge in [-0.2, -0.15) is 0 Å². The van der Waals surface area contributed by atoms with Crippen LogP contribution in [0.3, 0.4) is 0 Å². The molecule has 1 aliphatic heterocycles. The van der Waals surface area contributed by atoms with E-state index in [2.05, 4.69) is 19.9 Å². The molecule has 1 fully saturated rings. The van der Waals surface area contributed by atoms with Crippen LogP contribution in [0.2, 0.25) is 0 Å². The number of anilines is 1. The maximum atomic E-state index is 12.1. The standard InChI is InChI=1S/C13H18N4O2S2/c18-21(19,10-9-17-7-5-14-6-8-17)16-13-15-11-3-1-2-4-12(11)20-13/h1-4,14H,5-10H2,(H,15,16). The summed E-state index contributed by atoms with van der Waals surface area (Å²) in [4.78, 5) is 6.46. The van der Waals surface area contributed by atoms with Gasteiger partial charge in [-0.1, -0.05) is 23.5 Å². The van der Waals surface area contributed by atoms with Crippen molar-refractivity contribution in [2.24, 2.45) is 0 Å². The number of benzene rings is 1. The summed E-state index contributed by atoms with van der Waals surface area (Å²) in [6.07, 6.45) is 0. The van der Waals surface area contributed by atoms with Crippen molar-refractivity contribution in [3.8, 4) is 0 Å². The summed E-state index contributed by atoms with van der Waals surface area (Å²) >= 11 is 1.36. The minimum atomic E-state index is -3.35. The van der Waals surface area contributed by atoms with Gasteiger partial charge in [0, 0.05) is 32.7 Å². The van der Waals surface area contributed by atoms with E-state index in [4.69, 9.17) is 0 Å². The Kier molecular flexibility index (Phi) is 4.39. The molecule has 2 aromatic rings. The van der Waals surface area contributed by atoms with E-state index in [-0.39, 0.29) is 5.75 Å². The van der Waals surface area contributed by atoms with Gasteiger partial charge in [-0.3, -0.25) is 9.62 Å². The first-order valence-electron chi connectivity index (χ1n) is 6.91. The topological polar surface area (TPSA) is 74.3 Å². The van der Waals surface area contributed by atoms with Crippen LogP contribution in [0.1, 0.15) is 0 Å². The number of sulfonamides is 1. The maximum absolute atomic E-state index is 12.1. The Hall–Kier alpha value is -1.22. The van der Waals surface area contributed by atoms with Crippen molar-refractivity contribution >= 4 is 36.7 Å². The smallest absolute Gasteiger partial charge is 0.235 e. The monoisotopic (exact) mass is 326 g/mol. The van der Waals surface area contributed by atoms with Crippen LogP contribution in [-0.2, 0) is 10.0 Å². The molecule has 2 N–H and O–H groups in total. The summed E-state index contributed by atoms with van der Waals surface area (Å²) in [7, 11) is -3.35. The van der Waals surface area contributed by atoms with E-state index in [0.717, 1.165) is 36.4 Å². The van der Waals surface area contributed by atoms with Gasteiger partial charge in [0.15, 0.2) is 5.13 Å². The molecule has 8 heteroatoms. The third kappa shape index (κ3) is 3.91. The Morgan fingerprint density at radius 2 is 2.05 bits per heavy atom. The van der Waals surface area contributed by atoms with Crippen molar-refractivity contribution in [2.45, 2.75) is 0 Å². The molecule has 1 aromatic heterocycles. The first-order chi connectivity index (χ1) is 10.1. The third-order valence-corrected chi connectivity index (χ3v) is 5.73. The van der Waals surface area contributed by atoms with E-state index in [1.807, 2.05) is 24.3 Å². The normalized spacial score (nSPS) is 17.1. The molecule has 3 rings (SSSR count). The number of fused-ring (bicyclic) bond motifs is 1. The third-order valence-electron chi connectivity index (χ3n) is 3.42. The lowest BCUT2D eigenvalue weighted by Crippen LogP contribution is -2.45. The van der Waals surface area contributed by atoms with Crippen LogP contribution in [0.15, 0.2) is 24.3 Å². The summed E-state index contributed by atoms with van der Waals surface area (Å²) in [6, 6.07) is 7.63. The Labute approximate surface area is 128 Å². The van der Waals surface area contributed by atoms with Gasteiger partial charge >= 0.3 is 0 Å². The highest BCUT2D eigenvalue weighted by atomic mass is 32.2. The molecule has 0 saturated carbocycles. The van der Waals surface area contributed by atoms with E-state index in [0.29, 0.717) is 11.7 Å². The van der Waals surface area contributed by atoms with Crippen LogP contribution in [0.25, 0.3) is 10.2 Å². The molecule has 1 aromatic carbocycles. The fraction of sp³-hybridized carbons (Fsp3) is 0.462. The van der Waals surface area contributed by atoms with Crippen LogP contribution in [0.4, 0.5) is 5.13 Å². The largest absolute Gasteiger partial charge is 0.314 e. The van der Waals surface area contributed by atoms with E-state index in [1.54, 1.807) is 0 Å². The minimum Gasteiger partial charge on any atom is -0.314 e. The highest BCUT2D eigenvalue weighted by Gasteiger charge is 2.17. The highest BCUT2D eigenvalue weighted by molar-refractivity contribution is 7.92. The zero-order valence-corrected chi connectivity index (χ0v) is 13.2. The average Bonchev–Trinajstić information content (AvgIpc) is 2.87. The molecule has 1 saturated heterocycles. The van der Waals surface area contributed by atoms with Crippen molar-refractivity contribution in [3.63, 3.8) is 0 Å². The molecule has 0 unspecified atom stereocenters. The quantitative estimate of drug-likeness (QED) is 0.855. The molecular weight excluding hydrogens is 308 g/mol. The zero-order valence-electron chi connectivity index (χ0n) is 11.6. The summed E-state index contributed by atoms with van der Waals surface area (Å²) in [5.74, 6) is 0.100. The highest BCUT2D eigenvalue weighted by Crippen LogP contribution is 2.26. The Bertz CT molecular complexity index is 675. The predicted octanol–water partition coefficient (Wildman–Crippen LogP) is 0.943. The average molecular weight is 326 g/mol. The van der Waals surface area contributed by atoms with Gasteiger partial charge in [0.25, 0.3) is 0 Å². The lowest BCUT2D eigenvalue weighted by molar-refractivity contribution is 0.254. The predicted molar refractivity (Wildman–Crippen MR) is 86.3 cm³/mol. The molecule has 2 heterocycles. The number of hydrogen-bond donors (Lipinski definition) is 2. The minimum absolute atomic E-state index is 0.100. The number of hydrogen-bond acceptors (Lipinski definition) is 6. The van der Waals surface area contributed by atoms with Crippen LogP contribution in [0.5, 0.6) is 0 Å². The molecular formula is C13H18N4O2S2. The number of nitrogens with one attached hydrogen (secondary N) is 2. The van der Waals surface area contributed by atoms with Crippen LogP contribution < -0.4 is 10.0 Å². The van der Waals surface area contributed by atoms with E-state index in [1.165, 1.54) is 11.3 Å².